The van der Waals surface area contributed by atoms with E-state index in [0.29, 0.717) is 32.9 Å². The van der Waals surface area contributed by atoms with Gasteiger partial charge in [-0.1, -0.05) is 57.2 Å². The molecule has 15 atom stereocenters. The van der Waals surface area contributed by atoms with E-state index in [1.807, 2.05) is 0 Å². The monoisotopic (exact) mass is 1270 g/mol. The highest BCUT2D eigenvalue weighted by molar-refractivity contribution is 6.07. The van der Waals surface area contributed by atoms with Crippen LogP contribution in [-0.2, 0) is 62.3 Å². The SMILES string of the molecule is CC(c1c[nH]c2ccccc12)C1NC(=O)/C(=C/c2c[nH]c3ccccc23)NC(=O)[C@@H]2[C@@H](O)CCN2C(=O)CNC(=O)[C@H](C)NC(=O)C([C@H](C)O)NC(=O)[C@@H](NC(=O)[C@H](CO)NC(=O)C[C@H](N)C(=O)O)[C@@H](C)OC(=O)[C@@H]2[C@H](O)CCN2C(=O)C([C@@H](O)C(C)C)NC1=O. The van der Waals surface area contributed by atoms with Crippen LogP contribution in [0.15, 0.2) is 66.6 Å². The largest absolute Gasteiger partial charge is 0.480 e. The summed E-state index contributed by atoms with van der Waals surface area (Å²) >= 11 is 0. The Morgan fingerprint density at radius 2 is 1.33 bits per heavy atom. The second kappa shape index (κ2) is 30.0. The third kappa shape index (κ3) is 16.2. The van der Waals surface area contributed by atoms with Gasteiger partial charge in [-0.15, -0.1) is 0 Å². The number of aliphatic carboxylic acids is 1. The molecular formula is C59H77N13O19. The number of carbonyl (C=O) groups excluding carboxylic acids is 11. The standard InChI is InChI=1S/C59H77N13O19/c1-25(2)49(79)46-57(87)72-18-16-40(76)48(72)59(90)91-29(6)45(69-52(82)38(24-73)65-41(77)20-34(60)58(88)89)55(85)68-44(28(5)74)54(84)64-27(4)50(80)63-23-42(78)71-17-15-39(75)47(71)56(86)66-37(19-30-21-61-35-13-9-7-11-31(30)35)51(81)67-43(53(83)70-46)26(3)33-22-62-36-14-10-8-12-32(33)36/h7-14,19,21-22,25-29,34,38-40,43-49,61-62,73-76,79H,15-18,20,23-24,60H2,1-6H3,(H,63,80)(H,64,84)(H,65,77)(H,66,86)(H,67,81)(H,68,85)(H,69,82)(H,70,83)(H,88,89)/b37-19-/t26?,27-,28-,29+,34-,38-,39-,40+,43?,44?,45-,46?,47-,48-,49-/m0/s1. The molecule has 2 aromatic heterocycles. The number of fused-ring (bicyclic) bond motifs is 4. The van der Waals surface area contributed by atoms with Gasteiger partial charge in [-0.2, -0.15) is 0 Å². The molecule has 3 saturated heterocycles. The summed E-state index contributed by atoms with van der Waals surface area (Å²) in [5, 5.41) is 85.0. The van der Waals surface area contributed by atoms with Gasteiger partial charge in [0.15, 0.2) is 6.04 Å². The van der Waals surface area contributed by atoms with Gasteiger partial charge >= 0.3 is 11.9 Å². The number of aliphatic hydroxyl groups excluding tert-OH is 5. The number of nitrogens with one attached hydrogen (secondary N) is 10. The molecule has 4 aromatic rings. The number of carboxylic acids is 1. The normalized spacial score (nSPS) is 27.0. The number of rotatable bonds is 13. The molecular weight excluding hydrogens is 1190 g/mol. The van der Waals surface area contributed by atoms with Crippen molar-refractivity contribution in [2.45, 2.75) is 152 Å². The second-order valence-electron chi connectivity index (χ2n) is 23.1. The summed E-state index contributed by atoms with van der Waals surface area (Å²) in [6.45, 7) is 5.13. The Balaban J connectivity index is 1.31. The Labute approximate surface area is 519 Å². The molecule has 10 amide bonds. The minimum atomic E-state index is -2.19. The molecule has 0 radical (unpaired) electrons. The molecule has 0 aliphatic carbocycles. The number of esters is 1. The van der Waals surface area contributed by atoms with Gasteiger partial charge in [-0.25, -0.2) is 4.79 Å². The Hall–Kier alpha value is -9.34. The first-order valence-corrected chi connectivity index (χ1v) is 29.4. The fourth-order valence-corrected chi connectivity index (χ4v) is 10.9. The topological polar surface area (TPSA) is 496 Å². The molecule has 18 N–H and O–H groups in total. The van der Waals surface area contributed by atoms with Crippen LogP contribution >= 0.6 is 0 Å². The van der Waals surface area contributed by atoms with E-state index in [-0.39, 0.29) is 19.4 Å². The number of aliphatic hydroxyl groups is 5. The summed E-state index contributed by atoms with van der Waals surface area (Å²) in [6, 6.07) is -2.95. The fraction of sp³-hybridized carbons (Fsp3) is 0.492. The number of nitrogens with two attached hydrogens (primary N) is 1. The highest BCUT2D eigenvalue weighted by atomic mass is 16.5. The first kappa shape index (κ1) is 69.1. The van der Waals surface area contributed by atoms with Crippen LogP contribution in [0, 0.1) is 5.92 Å². The van der Waals surface area contributed by atoms with E-state index in [9.17, 15) is 73.8 Å². The number of carbonyl (C=O) groups is 12. The number of amides is 10. The van der Waals surface area contributed by atoms with E-state index < -0.39 is 200 Å². The lowest BCUT2D eigenvalue weighted by atomic mass is 9.91. The average Bonchev–Trinajstić information content (AvgIpc) is 1.96. The lowest BCUT2D eigenvalue weighted by molar-refractivity contribution is -0.164. The van der Waals surface area contributed by atoms with E-state index >= 15 is 14.4 Å². The quantitative estimate of drug-likeness (QED) is 0.0440. The number of H-pyrrole nitrogens is 2. The number of carboxylic acid groups (broad SMARTS) is 1. The van der Waals surface area contributed by atoms with Crippen molar-refractivity contribution < 1.29 is 92.9 Å². The number of aromatic nitrogens is 2. The zero-order valence-electron chi connectivity index (χ0n) is 50.5. The number of benzene rings is 2. The Bertz CT molecular complexity index is 3460. The van der Waals surface area contributed by atoms with Crippen LogP contribution in [0.4, 0.5) is 0 Å². The lowest BCUT2D eigenvalue weighted by Crippen LogP contribution is -2.64. The third-order valence-corrected chi connectivity index (χ3v) is 16.2. The first-order chi connectivity index (χ1) is 43.0. The molecule has 5 heterocycles. The van der Waals surface area contributed by atoms with Gasteiger partial charge in [0.25, 0.3) is 5.91 Å². The van der Waals surface area contributed by atoms with Crippen LogP contribution in [0.1, 0.15) is 77.8 Å². The number of hydrogen-bond acceptors (Lipinski definition) is 19. The molecule has 3 aliphatic rings. The molecule has 0 spiro atoms. The second-order valence-corrected chi connectivity index (χ2v) is 23.1. The summed E-state index contributed by atoms with van der Waals surface area (Å²) < 4.78 is 5.70. The molecule has 2 aromatic carbocycles. The Morgan fingerprint density at radius 1 is 0.736 bits per heavy atom. The number of para-hydroxylation sites is 2. The van der Waals surface area contributed by atoms with Crippen LogP contribution in [-0.4, -0.2) is 233 Å². The average molecular weight is 1270 g/mol. The molecule has 3 fully saturated rings. The van der Waals surface area contributed by atoms with Crippen LogP contribution in [0.25, 0.3) is 27.9 Å². The smallest absolute Gasteiger partial charge is 0.331 e. The van der Waals surface area contributed by atoms with Gasteiger partial charge in [-0.05, 0) is 63.3 Å². The number of nitrogens with zero attached hydrogens (tertiary/aromatic N) is 2. The Morgan fingerprint density at radius 3 is 1.97 bits per heavy atom. The summed E-state index contributed by atoms with van der Waals surface area (Å²) in [5.74, 6) is -16.5. The zero-order chi connectivity index (χ0) is 66.9. The van der Waals surface area contributed by atoms with Crippen LogP contribution in [0.3, 0.4) is 0 Å². The van der Waals surface area contributed by atoms with Gasteiger partial charge in [0.05, 0.1) is 44.0 Å². The van der Waals surface area contributed by atoms with Gasteiger partial charge < -0.3 is 103 Å². The van der Waals surface area contributed by atoms with Crippen molar-refractivity contribution in [2.75, 3.05) is 26.2 Å². The predicted molar refractivity (Wildman–Crippen MR) is 319 cm³/mol. The molecule has 0 bridgehead atoms. The van der Waals surface area contributed by atoms with Crippen LogP contribution < -0.4 is 48.3 Å². The highest BCUT2D eigenvalue weighted by Gasteiger charge is 2.49. The molecule has 32 nitrogen and oxygen atoms in total. The van der Waals surface area contributed by atoms with Crippen molar-refractivity contribution in [2.24, 2.45) is 11.7 Å². The minimum Gasteiger partial charge on any atom is -0.480 e. The van der Waals surface area contributed by atoms with Gasteiger partial charge in [0.1, 0.15) is 60.1 Å². The third-order valence-electron chi connectivity index (χ3n) is 16.2. The van der Waals surface area contributed by atoms with E-state index in [1.165, 1.54) is 26.1 Å². The molecule has 32 heteroatoms. The van der Waals surface area contributed by atoms with Gasteiger partial charge in [0, 0.05) is 58.8 Å². The van der Waals surface area contributed by atoms with Crippen LogP contribution in [0.2, 0.25) is 0 Å². The van der Waals surface area contributed by atoms with Crippen molar-refractivity contribution in [3.05, 3.63) is 77.7 Å². The van der Waals surface area contributed by atoms with E-state index in [0.717, 1.165) is 30.6 Å². The minimum absolute atomic E-state index is 0.153. The summed E-state index contributed by atoms with van der Waals surface area (Å²) in [7, 11) is 0. The molecule has 7 rings (SSSR count). The maximum absolute atomic E-state index is 15.3. The zero-order valence-corrected chi connectivity index (χ0v) is 50.5. The molecule has 91 heavy (non-hydrogen) atoms. The molecule has 0 saturated carbocycles. The number of aromatic amines is 2. The van der Waals surface area contributed by atoms with E-state index in [1.54, 1.807) is 61.7 Å². The molecule has 492 valence electrons. The maximum Gasteiger partial charge on any atom is 0.331 e. The van der Waals surface area contributed by atoms with Crippen molar-refractivity contribution in [3.63, 3.8) is 0 Å². The molecule has 4 unspecified atom stereocenters. The lowest BCUT2D eigenvalue weighted by Gasteiger charge is -2.35. The summed E-state index contributed by atoms with van der Waals surface area (Å²) in [4.78, 5) is 176. The number of cyclic esters (lactones) is 1. The van der Waals surface area contributed by atoms with Gasteiger partial charge in [-0.3, -0.25) is 52.7 Å². The number of ether oxygens (including phenoxy) is 1. The molecule has 3 aliphatic heterocycles. The first-order valence-electron chi connectivity index (χ1n) is 29.4. The van der Waals surface area contributed by atoms with E-state index in [4.69, 9.17) is 10.5 Å². The Kier molecular flexibility index (Phi) is 22.8. The van der Waals surface area contributed by atoms with E-state index in [2.05, 4.69) is 52.5 Å². The summed E-state index contributed by atoms with van der Waals surface area (Å²) in [6.07, 6.45) is -5.75. The van der Waals surface area contributed by atoms with Crippen molar-refractivity contribution in [1.29, 1.82) is 0 Å². The maximum atomic E-state index is 15.3. The van der Waals surface area contributed by atoms with Crippen molar-refractivity contribution in [1.82, 2.24) is 62.3 Å². The van der Waals surface area contributed by atoms with Crippen molar-refractivity contribution >= 4 is 98.9 Å². The highest BCUT2D eigenvalue weighted by Crippen LogP contribution is 2.30. The fourth-order valence-electron chi connectivity index (χ4n) is 10.9. The van der Waals surface area contributed by atoms with Gasteiger partial charge in [0.2, 0.25) is 53.2 Å². The van der Waals surface area contributed by atoms with Crippen LogP contribution in [0.5, 0.6) is 0 Å². The van der Waals surface area contributed by atoms with Crippen molar-refractivity contribution in [3.8, 4) is 0 Å². The predicted octanol–water partition coefficient (Wildman–Crippen LogP) is -4.98. The summed E-state index contributed by atoms with van der Waals surface area (Å²) in [5.41, 5.74) is 7.01. The number of hydrogen-bond donors (Lipinski definition) is 17.